The van der Waals surface area contributed by atoms with E-state index in [1.807, 2.05) is 0 Å². The summed E-state index contributed by atoms with van der Waals surface area (Å²) in [7, 11) is 0. The fourth-order valence-corrected chi connectivity index (χ4v) is 2.24. The molecular formula is C16H28N2O3. The van der Waals surface area contributed by atoms with E-state index in [2.05, 4.69) is 16.9 Å². The summed E-state index contributed by atoms with van der Waals surface area (Å²) in [6, 6.07) is 0. The number of aromatic nitrogens is 2. The van der Waals surface area contributed by atoms with Crippen LogP contribution in [0, 0.1) is 0 Å². The van der Waals surface area contributed by atoms with Crippen LogP contribution in [0.4, 0.5) is 0 Å². The van der Waals surface area contributed by atoms with Gasteiger partial charge in [-0.05, 0) is 6.42 Å². The average Bonchev–Trinajstić information content (AvgIpc) is 2.46. The minimum Gasteiger partial charge on any atom is -0.377 e. The molecule has 1 aromatic rings. The van der Waals surface area contributed by atoms with Crippen molar-refractivity contribution in [1.29, 1.82) is 0 Å². The van der Waals surface area contributed by atoms with Gasteiger partial charge < -0.3 is 9.72 Å². The standard InChI is InChI=1S/C16H28N2O3/c1-2-3-4-5-6-7-8-9-10-11-21-13-14-12-17-16(20)18-15(14)19/h12H,2-11,13H2,1H3,(H2,17,18,19,20). The predicted molar refractivity (Wildman–Crippen MR) is 84.6 cm³/mol. The minimum absolute atomic E-state index is 0.253. The molecule has 5 heteroatoms. The zero-order chi connectivity index (χ0) is 15.3. The topological polar surface area (TPSA) is 75.0 Å². The molecular weight excluding hydrogens is 268 g/mol. The molecule has 0 spiro atoms. The Kier molecular flexibility index (Phi) is 9.53. The summed E-state index contributed by atoms with van der Waals surface area (Å²) in [5.74, 6) is 0. The van der Waals surface area contributed by atoms with Gasteiger partial charge in [-0.25, -0.2) is 4.79 Å². The number of H-pyrrole nitrogens is 2. The zero-order valence-electron chi connectivity index (χ0n) is 13.1. The van der Waals surface area contributed by atoms with Crippen LogP contribution < -0.4 is 11.2 Å². The molecule has 0 amide bonds. The van der Waals surface area contributed by atoms with Crippen LogP contribution in [0.3, 0.4) is 0 Å². The highest BCUT2D eigenvalue weighted by molar-refractivity contribution is 5.00. The summed E-state index contributed by atoms with van der Waals surface area (Å²) in [4.78, 5) is 26.9. The van der Waals surface area contributed by atoms with Crippen molar-refractivity contribution in [3.63, 3.8) is 0 Å². The minimum atomic E-state index is -0.484. The van der Waals surface area contributed by atoms with Crippen molar-refractivity contribution in [2.45, 2.75) is 71.3 Å². The first-order valence-corrected chi connectivity index (χ1v) is 8.12. The van der Waals surface area contributed by atoms with Gasteiger partial charge in [-0.15, -0.1) is 0 Å². The summed E-state index contributed by atoms with van der Waals surface area (Å²) >= 11 is 0. The number of nitrogens with one attached hydrogen (secondary N) is 2. The third-order valence-corrected chi connectivity index (χ3v) is 3.55. The normalized spacial score (nSPS) is 10.9. The van der Waals surface area contributed by atoms with Gasteiger partial charge in [0.1, 0.15) is 0 Å². The molecule has 0 atom stereocenters. The third-order valence-electron chi connectivity index (χ3n) is 3.55. The molecule has 1 heterocycles. The monoisotopic (exact) mass is 296 g/mol. The Morgan fingerprint density at radius 3 is 2.19 bits per heavy atom. The van der Waals surface area contributed by atoms with Gasteiger partial charge in [0.15, 0.2) is 0 Å². The lowest BCUT2D eigenvalue weighted by Crippen LogP contribution is -2.24. The van der Waals surface area contributed by atoms with Crippen LogP contribution in [0.15, 0.2) is 15.8 Å². The van der Waals surface area contributed by atoms with E-state index < -0.39 is 5.69 Å². The van der Waals surface area contributed by atoms with Gasteiger partial charge in [0.2, 0.25) is 0 Å². The molecule has 0 unspecified atom stereocenters. The first-order chi connectivity index (χ1) is 10.2. The van der Waals surface area contributed by atoms with Crippen LogP contribution >= 0.6 is 0 Å². The number of hydrogen-bond donors (Lipinski definition) is 2. The summed E-state index contributed by atoms with van der Waals surface area (Å²) in [6.45, 7) is 3.15. The van der Waals surface area contributed by atoms with Gasteiger partial charge in [-0.1, -0.05) is 58.3 Å². The maximum absolute atomic E-state index is 11.4. The highest BCUT2D eigenvalue weighted by Gasteiger charge is 2.00. The summed E-state index contributed by atoms with van der Waals surface area (Å²) in [5.41, 5.74) is -0.390. The number of aromatic amines is 2. The van der Waals surface area contributed by atoms with E-state index in [1.165, 1.54) is 57.6 Å². The maximum atomic E-state index is 11.4. The molecule has 0 saturated carbocycles. The van der Waals surface area contributed by atoms with E-state index in [0.717, 1.165) is 6.42 Å². The molecule has 1 aromatic heterocycles. The van der Waals surface area contributed by atoms with Gasteiger partial charge in [-0.2, -0.15) is 0 Å². The summed E-state index contributed by atoms with van der Waals surface area (Å²) in [5, 5.41) is 0. The molecule has 1 rings (SSSR count). The van der Waals surface area contributed by atoms with Crippen LogP contribution in [0.2, 0.25) is 0 Å². The van der Waals surface area contributed by atoms with E-state index in [4.69, 9.17) is 4.74 Å². The van der Waals surface area contributed by atoms with Gasteiger partial charge >= 0.3 is 5.69 Å². The second-order valence-corrected chi connectivity index (χ2v) is 5.48. The summed E-state index contributed by atoms with van der Waals surface area (Å²) in [6.07, 6.45) is 12.9. The van der Waals surface area contributed by atoms with E-state index in [0.29, 0.717) is 12.2 Å². The van der Waals surface area contributed by atoms with Gasteiger partial charge in [-0.3, -0.25) is 9.78 Å². The highest BCUT2D eigenvalue weighted by atomic mass is 16.5. The first kappa shape index (κ1) is 17.7. The molecule has 0 radical (unpaired) electrons. The first-order valence-electron chi connectivity index (χ1n) is 8.12. The van der Waals surface area contributed by atoms with Crippen molar-refractivity contribution in [2.24, 2.45) is 0 Å². The smallest absolute Gasteiger partial charge is 0.325 e. The predicted octanol–water partition coefficient (Wildman–Crippen LogP) is 3.11. The fraction of sp³-hybridized carbons (Fsp3) is 0.750. The number of rotatable bonds is 12. The zero-order valence-corrected chi connectivity index (χ0v) is 13.1. The second-order valence-electron chi connectivity index (χ2n) is 5.48. The molecule has 2 N–H and O–H groups in total. The van der Waals surface area contributed by atoms with Crippen LogP contribution in [0.5, 0.6) is 0 Å². The van der Waals surface area contributed by atoms with Crippen molar-refractivity contribution in [3.05, 3.63) is 32.6 Å². The van der Waals surface area contributed by atoms with E-state index in [-0.39, 0.29) is 12.2 Å². The van der Waals surface area contributed by atoms with E-state index >= 15 is 0 Å². The van der Waals surface area contributed by atoms with E-state index in [9.17, 15) is 9.59 Å². The molecule has 0 aliphatic heterocycles. The molecule has 5 nitrogen and oxygen atoms in total. The van der Waals surface area contributed by atoms with Gasteiger partial charge in [0.25, 0.3) is 5.56 Å². The molecule has 0 fully saturated rings. The second kappa shape index (κ2) is 11.3. The number of hydrogen-bond acceptors (Lipinski definition) is 3. The molecule has 120 valence electrons. The third kappa shape index (κ3) is 8.50. The molecule has 0 saturated heterocycles. The largest absolute Gasteiger partial charge is 0.377 e. The lowest BCUT2D eigenvalue weighted by atomic mass is 10.1. The van der Waals surface area contributed by atoms with Crippen LogP contribution in [-0.2, 0) is 11.3 Å². The number of ether oxygens (including phenoxy) is 1. The van der Waals surface area contributed by atoms with Crippen molar-refractivity contribution in [1.82, 2.24) is 9.97 Å². The SMILES string of the molecule is CCCCCCCCCCCOCc1c[nH]c(=O)[nH]c1=O. The maximum Gasteiger partial charge on any atom is 0.325 e. The summed E-state index contributed by atoms with van der Waals surface area (Å²) < 4.78 is 5.46. The van der Waals surface area contributed by atoms with Gasteiger partial charge in [0.05, 0.1) is 12.2 Å². The number of unbranched alkanes of at least 4 members (excludes halogenated alkanes) is 8. The molecule has 0 aliphatic rings. The van der Waals surface area contributed by atoms with Crippen molar-refractivity contribution >= 4 is 0 Å². The van der Waals surface area contributed by atoms with E-state index in [1.54, 1.807) is 0 Å². The quantitative estimate of drug-likeness (QED) is 0.582. The van der Waals surface area contributed by atoms with Crippen molar-refractivity contribution in [3.8, 4) is 0 Å². The Morgan fingerprint density at radius 1 is 0.952 bits per heavy atom. The Bertz CT molecular complexity index is 479. The highest BCUT2D eigenvalue weighted by Crippen LogP contribution is 2.09. The lowest BCUT2D eigenvalue weighted by molar-refractivity contribution is 0.115. The lowest BCUT2D eigenvalue weighted by Gasteiger charge is -2.04. The Labute approximate surface area is 126 Å². The Hall–Kier alpha value is -1.36. The van der Waals surface area contributed by atoms with Crippen LogP contribution in [0.25, 0.3) is 0 Å². The Balaban J connectivity index is 1.95. The van der Waals surface area contributed by atoms with Crippen molar-refractivity contribution < 1.29 is 4.74 Å². The van der Waals surface area contributed by atoms with Crippen LogP contribution in [-0.4, -0.2) is 16.6 Å². The molecule has 21 heavy (non-hydrogen) atoms. The molecule has 0 bridgehead atoms. The molecule has 0 aliphatic carbocycles. The van der Waals surface area contributed by atoms with Gasteiger partial charge in [0, 0.05) is 12.8 Å². The van der Waals surface area contributed by atoms with Crippen molar-refractivity contribution in [2.75, 3.05) is 6.61 Å². The fourth-order valence-electron chi connectivity index (χ4n) is 2.24. The van der Waals surface area contributed by atoms with Crippen LogP contribution in [0.1, 0.15) is 70.3 Å². The molecule has 0 aromatic carbocycles. The average molecular weight is 296 g/mol. The Morgan fingerprint density at radius 2 is 1.57 bits per heavy atom.